The van der Waals surface area contributed by atoms with Crippen molar-refractivity contribution in [2.24, 2.45) is 0 Å². The number of hydrogen-bond acceptors (Lipinski definition) is 5. The SMILES string of the molecule is COc1ccc(NC(=O)CNc2cccc(C(F)(F)F)c2)cc1OCc1ccncc1. The molecule has 0 saturated heterocycles. The van der Waals surface area contributed by atoms with Crippen molar-refractivity contribution in [2.75, 3.05) is 24.3 Å². The van der Waals surface area contributed by atoms with Gasteiger partial charge in [-0.2, -0.15) is 13.2 Å². The largest absolute Gasteiger partial charge is 0.493 e. The normalized spacial score (nSPS) is 11.0. The third-order valence-electron chi connectivity index (χ3n) is 4.23. The summed E-state index contributed by atoms with van der Waals surface area (Å²) in [6, 6.07) is 13.2. The lowest BCUT2D eigenvalue weighted by molar-refractivity contribution is -0.137. The van der Waals surface area contributed by atoms with E-state index in [2.05, 4.69) is 15.6 Å². The van der Waals surface area contributed by atoms with Gasteiger partial charge in [-0.1, -0.05) is 6.07 Å². The smallest absolute Gasteiger partial charge is 0.416 e. The number of benzene rings is 2. The van der Waals surface area contributed by atoms with Crippen LogP contribution in [0, 0.1) is 0 Å². The first-order valence-electron chi connectivity index (χ1n) is 9.26. The van der Waals surface area contributed by atoms with Gasteiger partial charge < -0.3 is 20.1 Å². The van der Waals surface area contributed by atoms with Crippen LogP contribution < -0.4 is 20.1 Å². The van der Waals surface area contributed by atoms with Gasteiger partial charge in [0.05, 0.1) is 19.2 Å². The van der Waals surface area contributed by atoms with Crippen LogP contribution in [0.5, 0.6) is 11.5 Å². The van der Waals surface area contributed by atoms with E-state index < -0.39 is 17.6 Å². The van der Waals surface area contributed by atoms with Crippen LogP contribution in [-0.4, -0.2) is 24.5 Å². The molecule has 2 aromatic carbocycles. The molecule has 0 aliphatic heterocycles. The van der Waals surface area contributed by atoms with Gasteiger partial charge in [-0.3, -0.25) is 9.78 Å². The molecule has 9 heteroatoms. The number of nitrogens with one attached hydrogen (secondary N) is 2. The molecule has 31 heavy (non-hydrogen) atoms. The molecule has 162 valence electrons. The lowest BCUT2D eigenvalue weighted by atomic mass is 10.2. The van der Waals surface area contributed by atoms with Crippen LogP contribution in [0.1, 0.15) is 11.1 Å². The number of anilines is 2. The number of halogens is 3. The van der Waals surface area contributed by atoms with Gasteiger partial charge in [0.2, 0.25) is 5.91 Å². The van der Waals surface area contributed by atoms with Crippen LogP contribution >= 0.6 is 0 Å². The average molecular weight is 431 g/mol. The highest BCUT2D eigenvalue weighted by Crippen LogP contribution is 2.32. The Bertz CT molecular complexity index is 1030. The molecule has 3 rings (SSSR count). The lowest BCUT2D eigenvalue weighted by Gasteiger charge is -2.14. The Morgan fingerprint density at radius 3 is 2.48 bits per heavy atom. The summed E-state index contributed by atoms with van der Waals surface area (Å²) >= 11 is 0. The summed E-state index contributed by atoms with van der Waals surface area (Å²) in [7, 11) is 1.51. The van der Waals surface area contributed by atoms with Crippen molar-refractivity contribution in [3.8, 4) is 11.5 Å². The maximum absolute atomic E-state index is 12.8. The Morgan fingerprint density at radius 1 is 1.00 bits per heavy atom. The van der Waals surface area contributed by atoms with Gasteiger partial charge in [-0.25, -0.2) is 0 Å². The number of ether oxygens (including phenoxy) is 2. The number of methoxy groups -OCH3 is 1. The summed E-state index contributed by atoms with van der Waals surface area (Å²) in [6.45, 7) is 0.0773. The number of hydrogen-bond donors (Lipinski definition) is 2. The van der Waals surface area contributed by atoms with Gasteiger partial charge in [-0.15, -0.1) is 0 Å². The predicted molar refractivity (Wildman–Crippen MR) is 110 cm³/mol. The van der Waals surface area contributed by atoms with E-state index in [1.807, 2.05) is 12.1 Å². The average Bonchev–Trinajstić information content (AvgIpc) is 2.77. The Kier molecular flexibility index (Phi) is 6.96. The van der Waals surface area contributed by atoms with Crippen molar-refractivity contribution in [1.82, 2.24) is 4.98 Å². The van der Waals surface area contributed by atoms with E-state index in [4.69, 9.17) is 9.47 Å². The number of nitrogens with zero attached hydrogens (tertiary/aromatic N) is 1. The summed E-state index contributed by atoms with van der Waals surface area (Å²) in [5.74, 6) is 0.500. The molecule has 2 N–H and O–H groups in total. The molecule has 1 aromatic heterocycles. The van der Waals surface area contributed by atoms with Crippen LogP contribution in [0.4, 0.5) is 24.5 Å². The Balaban J connectivity index is 1.60. The molecule has 6 nitrogen and oxygen atoms in total. The minimum absolute atomic E-state index is 0.195. The summed E-state index contributed by atoms with van der Waals surface area (Å²) < 4.78 is 49.4. The fourth-order valence-corrected chi connectivity index (χ4v) is 2.70. The number of amides is 1. The summed E-state index contributed by atoms with van der Waals surface area (Å²) in [6.07, 6.45) is -1.14. The third-order valence-corrected chi connectivity index (χ3v) is 4.23. The minimum Gasteiger partial charge on any atom is -0.493 e. The first-order chi connectivity index (χ1) is 14.8. The van der Waals surface area contributed by atoms with Crippen LogP contribution in [0.25, 0.3) is 0 Å². The fourth-order valence-electron chi connectivity index (χ4n) is 2.70. The van der Waals surface area contributed by atoms with E-state index in [-0.39, 0.29) is 18.8 Å². The number of carbonyl (C=O) groups is 1. The molecule has 0 fully saturated rings. The molecule has 0 atom stereocenters. The molecule has 0 spiro atoms. The molecule has 0 aliphatic rings. The van der Waals surface area contributed by atoms with Crippen LogP contribution in [0.2, 0.25) is 0 Å². The summed E-state index contributed by atoms with van der Waals surface area (Å²) in [5.41, 5.74) is 0.781. The Labute approximate surface area is 177 Å². The van der Waals surface area contributed by atoms with Crippen molar-refractivity contribution in [3.63, 3.8) is 0 Å². The molecule has 0 unspecified atom stereocenters. The van der Waals surface area contributed by atoms with E-state index >= 15 is 0 Å². The van der Waals surface area contributed by atoms with Crippen molar-refractivity contribution < 1.29 is 27.4 Å². The van der Waals surface area contributed by atoms with Crippen LogP contribution in [-0.2, 0) is 17.6 Å². The first-order valence-corrected chi connectivity index (χ1v) is 9.26. The number of aromatic nitrogens is 1. The molecule has 1 amide bonds. The highest BCUT2D eigenvalue weighted by Gasteiger charge is 2.30. The first kappa shape index (κ1) is 21.9. The second-order valence-electron chi connectivity index (χ2n) is 6.49. The van der Waals surface area contributed by atoms with Gasteiger partial charge >= 0.3 is 6.18 Å². The van der Waals surface area contributed by atoms with Crippen molar-refractivity contribution in [1.29, 1.82) is 0 Å². The van der Waals surface area contributed by atoms with Gasteiger partial charge in [0, 0.05) is 29.8 Å². The van der Waals surface area contributed by atoms with Gasteiger partial charge in [0.1, 0.15) is 6.61 Å². The molecule has 1 heterocycles. The van der Waals surface area contributed by atoms with Gasteiger partial charge in [0.15, 0.2) is 11.5 Å². The van der Waals surface area contributed by atoms with Gasteiger partial charge in [0.25, 0.3) is 0 Å². The number of alkyl halides is 3. The lowest BCUT2D eigenvalue weighted by Crippen LogP contribution is -2.22. The number of carbonyl (C=O) groups excluding carboxylic acids is 1. The maximum Gasteiger partial charge on any atom is 0.416 e. The zero-order chi connectivity index (χ0) is 22.3. The van der Waals surface area contributed by atoms with Crippen molar-refractivity contribution in [2.45, 2.75) is 12.8 Å². The zero-order valence-electron chi connectivity index (χ0n) is 16.6. The monoisotopic (exact) mass is 431 g/mol. The van der Waals surface area contributed by atoms with E-state index in [0.717, 1.165) is 17.7 Å². The number of pyridine rings is 1. The Hall–Kier alpha value is -3.75. The topological polar surface area (TPSA) is 72.5 Å². The molecule has 0 radical (unpaired) electrons. The van der Waals surface area contributed by atoms with Crippen LogP contribution in [0.3, 0.4) is 0 Å². The maximum atomic E-state index is 12.8. The van der Waals surface area contributed by atoms with E-state index in [0.29, 0.717) is 17.2 Å². The van der Waals surface area contributed by atoms with Gasteiger partial charge in [-0.05, 0) is 48.0 Å². The standard InChI is InChI=1S/C22H20F3N3O3/c1-30-19-6-5-18(12-20(19)31-14-15-7-9-26-10-8-15)28-21(29)13-27-17-4-2-3-16(11-17)22(23,24)25/h2-12,27H,13-14H2,1H3,(H,28,29). The molecule has 0 saturated carbocycles. The highest BCUT2D eigenvalue weighted by molar-refractivity contribution is 5.94. The minimum atomic E-state index is -4.45. The summed E-state index contributed by atoms with van der Waals surface area (Å²) in [5, 5.41) is 5.36. The van der Waals surface area contributed by atoms with Crippen molar-refractivity contribution >= 4 is 17.3 Å². The highest BCUT2D eigenvalue weighted by atomic mass is 19.4. The zero-order valence-corrected chi connectivity index (χ0v) is 16.6. The Morgan fingerprint density at radius 2 is 1.77 bits per heavy atom. The van der Waals surface area contributed by atoms with Crippen LogP contribution in [0.15, 0.2) is 67.0 Å². The third kappa shape index (κ3) is 6.36. The molecule has 0 bridgehead atoms. The molecule has 3 aromatic rings. The molecule has 0 aliphatic carbocycles. The predicted octanol–water partition coefficient (Wildman–Crippen LogP) is 4.74. The second kappa shape index (κ2) is 9.84. The van der Waals surface area contributed by atoms with E-state index in [1.165, 1.54) is 19.2 Å². The molecular weight excluding hydrogens is 411 g/mol. The van der Waals surface area contributed by atoms with E-state index in [1.54, 1.807) is 30.6 Å². The second-order valence-corrected chi connectivity index (χ2v) is 6.49. The number of rotatable bonds is 8. The van der Waals surface area contributed by atoms with Crippen molar-refractivity contribution in [3.05, 3.63) is 78.1 Å². The molecular formula is C22H20F3N3O3. The fraction of sp³-hybridized carbons (Fsp3) is 0.182. The summed E-state index contributed by atoms with van der Waals surface area (Å²) in [4.78, 5) is 16.2. The quantitative estimate of drug-likeness (QED) is 0.539. The van der Waals surface area contributed by atoms with E-state index in [9.17, 15) is 18.0 Å².